The van der Waals surface area contributed by atoms with E-state index in [1.807, 2.05) is 0 Å². The molecule has 2 aromatic heterocycles. The lowest BCUT2D eigenvalue weighted by molar-refractivity contribution is 0.262. The predicted molar refractivity (Wildman–Crippen MR) is 113 cm³/mol. The summed E-state index contributed by atoms with van der Waals surface area (Å²) in [6, 6.07) is 12.5. The summed E-state index contributed by atoms with van der Waals surface area (Å²) in [5.74, 6) is 0.404. The van der Waals surface area contributed by atoms with Gasteiger partial charge in [0, 0.05) is 35.9 Å². The number of nitrogens with zero attached hydrogens (tertiary/aromatic N) is 4. The maximum absolute atomic E-state index is 13.6. The van der Waals surface area contributed by atoms with Gasteiger partial charge < -0.3 is 16.0 Å². The van der Waals surface area contributed by atoms with Gasteiger partial charge in [-0.1, -0.05) is 0 Å². The lowest BCUT2D eigenvalue weighted by atomic mass is 10.2. The fourth-order valence-corrected chi connectivity index (χ4v) is 2.80. The van der Waals surface area contributed by atoms with E-state index in [1.54, 1.807) is 60.4 Å². The Labute approximate surface area is 176 Å². The zero-order valence-corrected chi connectivity index (χ0v) is 16.3. The van der Waals surface area contributed by atoms with Crippen molar-refractivity contribution in [3.8, 4) is 5.82 Å². The Balaban J connectivity index is 1.42. The molecule has 0 aliphatic heterocycles. The third kappa shape index (κ3) is 4.99. The predicted octanol–water partition coefficient (Wildman–Crippen LogP) is 4.64. The van der Waals surface area contributed by atoms with Crippen molar-refractivity contribution in [1.29, 1.82) is 0 Å². The van der Waals surface area contributed by atoms with E-state index in [4.69, 9.17) is 0 Å². The third-order valence-corrected chi connectivity index (χ3v) is 4.16. The van der Waals surface area contributed by atoms with Gasteiger partial charge in [0.1, 0.15) is 23.3 Å². The van der Waals surface area contributed by atoms with E-state index in [-0.39, 0.29) is 5.69 Å². The summed E-state index contributed by atoms with van der Waals surface area (Å²) in [5, 5.41) is 12.2. The minimum atomic E-state index is -0.731. The van der Waals surface area contributed by atoms with Crippen LogP contribution in [0.25, 0.3) is 5.82 Å². The van der Waals surface area contributed by atoms with Crippen LogP contribution >= 0.6 is 0 Å². The van der Waals surface area contributed by atoms with E-state index in [0.29, 0.717) is 23.1 Å². The van der Waals surface area contributed by atoms with Crippen LogP contribution in [0.1, 0.15) is 5.82 Å². The highest BCUT2D eigenvalue weighted by Gasteiger charge is 2.09. The van der Waals surface area contributed by atoms with Gasteiger partial charge in [0.2, 0.25) is 0 Å². The molecule has 31 heavy (non-hydrogen) atoms. The second kappa shape index (κ2) is 8.57. The quantitative estimate of drug-likeness (QED) is 0.436. The number of hydrogen-bond donors (Lipinski definition) is 3. The van der Waals surface area contributed by atoms with Crippen LogP contribution in [0.15, 0.2) is 67.0 Å². The molecule has 3 N–H and O–H groups in total. The van der Waals surface area contributed by atoms with Crippen molar-refractivity contribution in [3.05, 3.63) is 84.4 Å². The number of aromatic nitrogens is 4. The van der Waals surface area contributed by atoms with E-state index < -0.39 is 17.7 Å². The van der Waals surface area contributed by atoms with Crippen LogP contribution in [0.5, 0.6) is 0 Å². The molecule has 4 aromatic rings. The van der Waals surface area contributed by atoms with Gasteiger partial charge in [0.25, 0.3) is 0 Å². The maximum Gasteiger partial charge on any atom is 0.323 e. The highest BCUT2D eigenvalue weighted by molar-refractivity contribution is 5.99. The monoisotopic (exact) mass is 421 g/mol. The molecule has 2 amide bonds. The summed E-state index contributed by atoms with van der Waals surface area (Å²) in [7, 11) is 0. The van der Waals surface area contributed by atoms with Gasteiger partial charge in [0.15, 0.2) is 5.82 Å². The Morgan fingerprint density at radius 2 is 1.74 bits per heavy atom. The minimum absolute atomic E-state index is 0.247. The molecule has 4 rings (SSSR count). The minimum Gasteiger partial charge on any atom is -0.340 e. The summed E-state index contributed by atoms with van der Waals surface area (Å²) in [6.45, 7) is 1.78. The number of rotatable bonds is 5. The van der Waals surface area contributed by atoms with Crippen LogP contribution in [-0.4, -0.2) is 25.8 Å². The fourth-order valence-electron chi connectivity index (χ4n) is 2.80. The number of carbonyl (C=O) groups is 1. The molecule has 0 radical (unpaired) electrons. The van der Waals surface area contributed by atoms with Crippen LogP contribution in [0.4, 0.5) is 36.5 Å². The molecule has 0 bridgehead atoms. The number of nitrogens with one attached hydrogen (secondary N) is 3. The largest absolute Gasteiger partial charge is 0.340 e. The van der Waals surface area contributed by atoms with Crippen LogP contribution < -0.4 is 16.0 Å². The number of carbonyl (C=O) groups excluding carboxylic acids is 1. The van der Waals surface area contributed by atoms with Gasteiger partial charge >= 0.3 is 6.03 Å². The molecule has 0 aliphatic rings. The van der Waals surface area contributed by atoms with E-state index in [9.17, 15) is 13.6 Å². The number of aryl methyl sites for hydroxylation is 1. The van der Waals surface area contributed by atoms with Crippen molar-refractivity contribution in [1.82, 2.24) is 19.7 Å². The zero-order chi connectivity index (χ0) is 21.8. The molecule has 0 atom stereocenters. The molecular weight excluding hydrogens is 404 g/mol. The topological polar surface area (TPSA) is 96.8 Å². The van der Waals surface area contributed by atoms with Crippen molar-refractivity contribution >= 4 is 28.9 Å². The SMILES string of the molecule is Cc1nc(Nc2ccc(NC(=O)Nc3cc(F)ccc3F)cc2)cc(-n2cccn2)n1. The summed E-state index contributed by atoms with van der Waals surface area (Å²) in [4.78, 5) is 20.8. The van der Waals surface area contributed by atoms with Gasteiger partial charge in [-0.05, 0) is 49.4 Å². The summed E-state index contributed by atoms with van der Waals surface area (Å²) in [5.41, 5.74) is 0.950. The van der Waals surface area contributed by atoms with Crippen molar-refractivity contribution in [2.45, 2.75) is 6.92 Å². The van der Waals surface area contributed by atoms with Crippen LogP contribution in [-0.2, 0) is 0 Å². The zero-order valence-electron chi connectivity index (χ0n) is 16.3. The number of amides is 2. The van der Waals surface area contributed by atoms with Crippen LogP contribution in [0.3, 0.4) is 0 Å². The Morgan fingerprint density at radius 1 is 0.968 bits per heavy atom. The number of hydrogen-bond acceptors (Lipinski definition) is 5. The average Bonchev–Trinajstić information content (AvgIpc) is 3.27. The van der Waals surface area contributed by atoms with Gasteiger partial charge in [-0.2, -0.15) is 5.10 Å². The number of anilines is 4. The van der Waals surface area contributed by atoms with Crippen molar-refractivity contribution in [3.63, 3.8) is 0 Å². The second-order valence-electron chi connectivity index (χ2n) is 6.51. The first-order valence-corrected chi connectivity index (χ1v) is 9.22. The van der Waals surface area contributed by atoms with Gasteiger partial charge in [-0.25, -0.2) is 28.2 Å². The Hall–Kier alpha value is -4.34. The molecule has 0 saturated carbocycles. The molecule has 156 valence electrons. The molecule has 0 saturated heterocycles. The number of urea groups is 1. The molecule has 0 fully saturated rings. The first-order valence-electron chi connectivity index (χ1n) is 9.22. The maximum atomic E-state index is 13.6. The fraction of sp³-hybridized carbons (Fsp3) is 0.0476. The molecule has 0 unspecified atom stereocenters. The summed E-state index contributed by atoms with van der Waals surface area (Å²) < 4.78 is 28.5. The molecular formula is C21H17F2N7O. The van der Waals surface area contributed by atoms with E-state index in [2.05, 4.69) is 31.0 Å². The first kappa shape index (κ1) is 20.0. The normalized spacial score (nSPS) is 10.5. The Bertz CT molecular complexity index is 1210. The first-order chi connectivity index (χ1) is 15.0. The molecule has 2 aromatic carbocycles. The van der Waals surface area contributed by atoms with E-state index >= 15 is 0 Å². The molecule has 0 spiro atoms. The standard InChI is InChI=1S/C21H17F2N7O/c1-13-25-19(12-20(26-13)30-10-2-9-24-30)27-15-4-6-16(7-5-15)28-21(31)29-18-11-14(22)3-8-17(18)23/h2-12H,1H3,(H,25,26,27)(H2,28,29,31). The number of halogens is 2. The summed E-state index contributed by atoms with van der Waals surface area (Å²) in [6.07, 6.45) is 3.45. The van der Waals surface area contributed by atoms with Crippen molar-refractivity contribution in [2.24, 2.45) is 0 Å². The highest BCUT2D eigenvalue weighted by atomic mass is 19.1. The molecule has 10 heteroatoms. The Kier molecular flexibility index (Phi) is 5.52. The van der Waals surface area contributed by atoms with Gasteiger partial charge in [0.05, 0.1) is 5.69 Å². The van der Waals surface area contributed by atoms with E-state index in [0.717, 1.165) is 23.9 Å². The van der Waals surface area contributed by atoms with Gasteiger partial charge in [-0.3, -0.25) is 0 Å². The smallest absolute Gasteiger partial charge is 0.323 e. The van der Waals surface area contributed by atoms with Crippen molar-refractivity contribution < 1.29 is 13.6 Å². The second-order valence-corrected chi connectivity index (χ2v) is 6.51. The average molecular weight is 421 g/mol. The summed E-state index contributed by atoms with van der Waals surface area (Å²) >= 11 is 0. The molecule has 8 nitrogen and oxygen atoms in total. The lowest BCUT2D eigenvalue weighted by Gasteiger charge is -2.11. The van der Waals surface area contributed by atoms with Gasteiger partial charge in [-0.15, -0.1) is 0 Å². The van der Waals surface area contributed by atoms with Crippen LogP contribution in [0.2, 0.25) is 0 Å². The molecule has 2 heterocycles. The number of benzene rings is 2. The Morgan fingerprint density at radius 3 is 2.48 bits per heavy atom. The lowest BCUT2D eigenvalue weighted by Crippen LogP contribution is -2.20. The van der Waals surface area contributed by atoms with Crippen LogP contribution in [0, 0.1) is 18.6 Å². The highest BCUT2D eigenvalue weighted by Crippen LogP contribution is 2.20. The third-order valence-electron chi connectivity index (χ3n) is 4.16. The molecule has 0 aliphatic carbocycles. The van der Waals surface area contributed by atoms with Crippen molar-refractivity contribution in [2.75, 3.05) is 16.0 Å². The van der Waals surface area contributed by atoms with E-state index in [1.165, 1.54) is 0 Å².